The highest BCUT2D eigenvalue weighted by Gasteiger charge is 2.20. The van der Waals surface area contributed by atoms with Gasteiger partial charge in [0, 0.05) is 67.2 Å². The molecule has 70 heavy (non-hydrogen) atoms. The van der Waals surface area contributed by atoms with Crippen LogP contribution in [0.15, 0.2) is 259 Å². The van der Waals surface area contributed by atoms with E-state index in [-0.39, 0.29) is 0 Å². The molecule has 332 valence electrons. The molecule has 0 bridgehead atoms. The molecule has 0 unspecified atom stereocenters. The van der Waals surface area contributed by atoms with Gasteiger partial charge in [-0.25, -0.2) is 0 Å². The van der Waals surface area contributed by atoms with Gasteiger partial charge in [-0.15, -0.1) is 0 Å². The minimum Gasteiger partial charge on any atom is -0.456 e. The lowest BCUT2D eigenvalue weighted by molar-refractivity contribution is 0.669. The van der Waals surface area contributed by atoms with Crippen molar-refractivity contribution in [2.75, 3.05) is 9.80 Å². The summed E-state index contributed by atoms with van der Waals surface area (Å²) in [6.45, 7) is 0. The third kappa shape index (κ3) is 7.44. The summed E-state index contributed by atoms with van der Waals surface area (Å²) in [5, 5.41) is 3.59. The van der Waals surface area contributed by atoms with Crippen LogP contribution in [0, 0.1) is 0 Å². The number of aromatic nitrogens is 1. The van der Waals surface area contributed by atoms with E-state index in [4.69, 9.17) is 4.42 Å². The number of benzene rings is 10. The van der Waals surface area contributed by atoms with Crippen LogP contribution in [-0.4, -0.2) is 4.57 Å². The van der Waals surface area contributed by atoms with Gasteiger partial charge in [0.2, 0.25) is 0 Å². The zero-order valence-corrected chi connectivity index (χ0v) is 38.5. The number of nitrogens with zero attached hydrogens (tertiary/aromatic N) is 3. The average Bonchev–Trinajstić information content (AvgIpc) is 3.98. The lowest BCUT2D eigenvalue weighted by Gasteiger charge is -2.26. The first-order chi connectivity index (χ1) is 34.7. The van der Waals surface area contributed by atoms with Crippen molar-refractivity contribution in [3.8, 4) is 39.1 Å². The second-order valence-corrected chi connectivity index (χ2v) is 18.0. The first kappa shape index (κ1) is 41.1. The second-order valence-electron chi connectivity index (χ2n) is 18.0. The molecule has 2 aromatic heterocycles. The van der Waals surface area contributed by atoms with Crippen LogP contribution in [-0.2, 0) is 6.42 Å². The number of anilines is 6. The van der Waals surface area contributed by atoms with E-state index in [1.807, 2.05) is 12.1 Å². The fourth-order valence-corrected chi connectivity index (χ4v) is 10.4. The third-order valence-electron chi connectivity index (χ3n) is 13.9. The zero-order valence-electron chi connectivity index (χ0n) is 38.5. The number of rotatable bonds is 10. The van der Waals surface area contributed by atoms with Gasteiger partial charge < -0.3 is 18.8 Å². The van der Waals surface area contributed by atoms with E-state index in [1.54, 1.807) is 0 Å². The topological polar surface area (TPSA) is 24.6 Å². The molecule has 12 aromatic rings. The maximum Gasteiger partial charge on any atom is 0.136 e. The lowest BCUT2D eigenvalue weighted by atomic mass is 9.99. The Morgan fingerprint density at radius 1 is 0.343 bits per heavy atom. The summed E-state index contributed by atoms with van der Waals surface area (Å²) in [6.07, 6.45) is 6.68. The summed E-state index contributed by atoms with van der Waals surface area (Å²) in [7, 11) is 0. The van der Waals surface area contributed by atoms with Gasteiger partial charge in [-0.05, 0) is 155 Å². The number of hydrogen-bond acceptors (Lipinski definition) is 3. The van der Waals surface area contributed by atoms with Crippen LogP contribution < -0.4 is 9.80 Å². The Morgan fingerprint density at radius 2 is 0.757 bits per heavy atom. The van der Waals surface area contributed by atoms with E-state index < -0.39 is 0 Å². The average molecular weight is 898 g/mol. The van der Waals surface area contributed by atoms with Crippen LogP contribution >= 0.6 is 0 Å². The van der Waals surface area contributed by atoms with Gasteiger partial charge in [0.1, 0.15) is 11.2 Å². The first-order valence-electron chi connectivity index (χ1n) is 24.1. The van der Waals surface area contributed by atoms with Crippen molar-refractivity contribution in [2.45, 2.75) is 12.8 Å². The predicted octanol–water partition coefficient (Wildman–Crippen LogP) is 18.4. The zero-order chi connectivity index (χ0) is 46.4. The largest absolute Gasteiger partial charge is 0.456 e. The van der Waals surface area contributed by atoms with Crippen molar-refractivity contribution in [3.63, 3.8) is 0 Å². The second kappa shape index (κ2) is 17.5. The van der Waals surface area contributed by atoms with E-state index in [0.717, 1.165) is 96.7 Å². The van der Waals surface area contributed by atoms with Gasteiger partial charge in [-0.1, -0.05) is 152 Å². The molecule has 10 aromatic carbocycles. The summed E-state index contributed by atoms with van der Waals surface area (Å²) in [6, 6.07) is 89.4. The molecule has 1 aliphatic rings. The van der Waals surface area contributed by atoms with Crippen LogP contribution in [0.5, 0.6) is 0 Å². The molecule has 4 nitrogen and oxygen atoms in total. The minimum atomic E-state index is 0.908. The van der Waals surface area contributed by atoms with E-state index in [9.17, 15) is 0 Å². The molecule has 0 amide bonds. The van der Waals surface area contributed by atoms with Gasteiger partial charge in [0.05, 0.1) is 5.52 Å². The summed E-state index contributed by atoms with van der Waals surface area (Å²) < 4.78 is 8.67. The molecule has 4 heteroatoms. The predicted molar refractivity (Wildman–Crippen MR) is 294 cm³/mol. The van der Waals surface area contributed by atoms with Crippen molar-refractivity contribution in [1.82, 2.24) is 4.57 Å². The highest BCUT2D eigenvalue weighted by molar-refractivity contribution is 6.06. The van der Waals surface area contributed by atoms with Crippen LogP contribution in [0.25, 0.3) is 78.0 Å². The quantitative estimate of drug-likeness (QED) is 0.137. The molecular formula is C66H47N3O. The van der Waals surface area contributed by atoms with Crippen molar-refractivity contribution >= 4 is 73.0 Å². The summed E-state index contributed by atoms with van der Waals surface area (Å²) in [5.74, 6) is 0. The monoisotopic (exact) mass is 897 g/mol. The van der Waals surface area contributed by atoms with Gasteiger partial charge in [0.25, 0.3) is 0 Å². The molecule has 0 saturated carbocycles. The van der Waals surface area contributed by atoms with E-state index in [0.29, 0.717) is 0 Å². The third-order valence-corrected chi connectivity index (χ3v) is 13.9. The molecule has 0 radical (unpaired) electrons. The highest BCUT2D eigenvalue weighted by atomic mass is 16.3. The van der Waals surface area contributed by atoms with Gasteiger partial charge in [-0.3, -0.25) is 0 Å². The van der Waals surface area contributed by atoms with E-state index >= 15 is 0 Å². The number of furan rings is 1. The Hall–Kier alpha value is -9.12. The Morgan fingerprint density at radius 3 is 1.31 bits per heavy atom. The number of fused-ring (bicyclic) bond motifs is 6. The van der Waals surface area contributed by atoms with Crippen molar-refractivity contribution in [3.05, 3.63) is 266 Å². The fraction of sp³-hybridized carbons (Fsp3) is 0.0303. The number of allylic oxidation sites excluding steroid dienone is 1. The van der Waals surface area contributed by atoms with Crippen molar-refractivity contribution in [1.29, 1.82) is 0 Å². The smallest absolute Gasteiger partial charge is 0.136 e. The van der Waals surface area contributed by atoms with Gasteiger partial charge in [-0.2, -0.15) is 0 Å². The maximum absolute atomic E-state index is 6.21. The van der Waals surface area contributed by atoms with Crippen LogP contribution in [0.4, 0.5) is 34.1 Å². The van der Waals surface area contributed by atoms with Gasteiger partial charge >= 0.3 is 0 Å². The normalized spacial score (nSPS) is 12.1. The summed E-state index contributed by atoms with van der Waals surface area (Å²) in [4.78, 5) is 4.66. The summed E-state index contributed by atoms with van der Waals surface area (Å²) >= 11 is 0. The Balaban J connectivity index is 0.824. The molecule has 0 saturated heterocycles. The molecule has 0 atom stereocenters. The van der Waals surface area contributed by atoms with Crippen LogP contribution in [0.1, 0.15) is 17.7 Å². The van der Waals surface area contributed by atoms with Crippen molar-refractivity contribution in [2.24, 2.45) is 0 Å². The molecule has 1 aliphatic carbocycles. The van der Waals surface area contributed by atoms with Crippen LogP contribution in [0.2, 0.25) is 0 Å². The van der Waals surface area contributed by atoms with Crippen LogP contribution in [0.3, 0.4) is 0 Å². The molecule has 0 spiro atoms. The highest BCUT2D eigenvalue weighted by Crippen LogP contribution is 2.41. The molecule has 2 heterocycles. The van der Waals surface area contributed by atoms with Crippen molar-refractivity contribution < 1.29 is 4.42 Å². The molecular weight excluding hydrogens is 851 g/mol. The maximum atomic E-state index is 6.21. The van der Waals surface area contributed by atoms with E-state index in [1.165, 1.54) is 33.4 Å². The SMILES string of the molecule is C1=Cc2c(n(-c3ccc(N(c4ccc(-c5ccc(-c6ccc7c(c6)oc6ccccc67)cc5)cc4)c4ccc(-c5ccc(N(c6ccccc6)c6ccccc6)cc5)cc4)cc3)c3ccccc23)CC1. The molecule has 0 fully saturated rings. The molecule has 0 N–H and O–H groups in total. The number of hydrogen-bond donors (Lipinski definition) is 0. The first-order valence-corrected chi connectivity index (χ1v) is 24.1. The Labute approximate surface area is 407 Å². The Kier molecular flexibility index (Phi) is 10.3. The Bertz CT molecular complexity index is 3790. The van der Waals surface area contributed by atoms with E-state index in [2.05, 4.69) is 263 Å². The lowest BCUT2D eigenvalue weighted by Crippen LogP contribution is -2.10. The molecule has 13 rings (SSSR count). The fourth-order valence-electron chi connectivity index (χ4n) is 10.4. The van der Waals surface area contributed by atoms with Gasteiger partial charge in [0.15, 0.2) is 0 Å². The molecule has 0 aliphatic heterocycles. The summed E-state index contributed by atoms with van der Waals surface area (Å²) in [5.41, 5.74) is 20.5. The minimum absolute atomic E-state index is 0.908. The number of para-hydroxylation sites is 4. The standard InChI is InChI=1S/C66H47N3O/c1-3-13-52(14-4-1)67(53-15-5-2-6-16-53)54-34-29-48(30-35-54)49-31-38-56(39-32-49)68(57-40-42-58(43-41-57)69-63-20-10-7-17-59(63)60-18-8-11-21-64(60)69)55-36-27-47(28-37-55)46-23-25-50(26-24-46)51-33-44-62-61-19-9-12-22-65(61)70-66(62)45-51/h1-10,12-20,22-45H,11,21H2.